The van der Waals surface area contributed by atoms with Crippen molar-refractivity contribution in [2.45, 2.75) is 26.7 Å². The van der Waals surface area contributed by atoms with Gasteiger partial charge in [0.05, 0.1) is 23.4 Å². The van der Waals surface area contributed by atoms with Gasteiger partial charge in [0.25, 0.3) is 5.56 Å². The highest BCUT2D eigenvalue weighted by Crippen LogP contribution is 2.28. The number of fused-ring (bicyclic) bond motifs is 1. The summed E-state index contributed by atoms with van der Waals surface area (Å²) in [5.74, 6) is 2.09. The Hall–Kier alpha value is -5.02. The fourth-order valence-electron chi connectivity index (χ4n) is 4.57. The Bertz CT molecular complexity index is 1970. The van der Waals surface area contributed by atoms with Crippen LogP contribution < -0.4 is 19.6 Å². The molecule has 0 aliphatic carbocycles. The fourth-order valence-corrected chi connectivity index (χ4v) is 5.48. The highest BCUT2D eigenvalue weighted by Gasteiger charge is 2.14. The van der Waals surface area contributed by atoms with Crippen molar-refractivity contribution >= 4 is 34.5 Å². The van der Waals surface area contributed by atoms with Gasteiger partial charge < -0.3 is 9.47 Å². The van der Waals surface area contributed by atoms with Crippen LogP contribution in [0.25, 0.3) is 40.1 Å². The summed E-state index contributed by atoms with van der Waals surface area (Å²) < 4.78 is 15.2. The van der Waals surface area contributed by atoms with Gasteiger partial charge in [-0.1, -0.05) is 73.2 Å². The molecule has 9 heteroatoms. The van der Waals surface area contributed by atoms with E-state index in [-0.39, 0.29) is 5.56 Å². The maximum absolute atomic E-state index is 13.4. The molecule has 0 unspecified atom stereocenters. The normalized spacial score (nSPS) is 12.0. The van der Waals surface area contributed by atoms with Crippen LogP contribution in [0.4, 0.5) is 0 Å². The van der Waals surface area contributed by atoms with Crippen molar-refractivity contribution in [1.29, 1.82) is 0 Å². The molecule has 0 radical (unpaired) electrons. The second-order valence-corrected chi connectivity index (χ2v) is 10.9. The van der Waals surface area contributed by atoms with E-state index in [1.54, 1.807) is 6.08 Å². The van der Waals surface area contributed by atoms with E-state index < -0.39 is 0 Å². The Morgan fingerprint density at radius 2 is 1.72 bits per heavy atom. The molecule has 0 N–H and O–H groups in total. The lowest BCUT2D eigenvalue weighted by Crippen LogP contribution is -2.23. The van der Waals surface area contributed by atoms with Crippen molar-refractivity contribution in [2.75, 3.05) is 13.2 Å². The van der Waals surface area contributed by atoms with Crippen LogP contribution in [0.2, 0.25) is 0 Å². The lowest BCUT2D eigenvalue weighted by atomic mass is 10.1. The number of rotatable bonds is 11. The van der Waals surface area contributed by atoms with Crippen molar-refractivity contribution in [3.63, 3.8) is 0 Å². The van der Waals surface area contributed by atoms with E-state index in [1.165, 1.54) is 15.9 Å². The van der Waals surface area contributed by atoms with Gasteiger partial charge in [-0.15, -0.1) is 5.10 Å². The molecule has 3 aromatic heterocycles. The summed E-state index contributed by atoms with van der Waals surface area (Å²) in [7, 11) is 0. The second-order valence-electron chi connectivity index (χ2n) is 9.86. The molecule has 0 fully saturated rings. The standard InChI is InChI=1S/C34H31N5O3S/c1-3-5-20-42-29-13-9-10-25(21-29)32-26(23-38(37-32)27-11-7-6-8-12-27)22-30-33(40)39-34(43-30)35-31(36-39)19-16-24-14-17-28(18-15-24)41-4-2/h6-19,21-23H,3-5,20H2,1-2H3/b19-16+,30-22-. The molecular weight excluding hydrogens is 558 g/mol. The Labute approximate surface area is 253 Å². The summed E-state index contributed by atoms with van der Waals surface area (Å²) >= 11 is 1.30. The maximum atomic E-state index is 13.4. The Balaban J connectivity index is 1.34. The molecule has 3 aromatic carbocycles. The Kier molecular flexibility index (Phi) is 8.42. The molecule has 0 bridgehead atoms. The van der Waals surface area contributed by atoms with Crippen LogP contribution in [0.3, 0.4) is 0 Å². The average Bonchev–Trinajstić information content (AvgIpc) is 3.72. The van der Waals surface area contributed by atoms with Crippen LogP contribution in [0.15, 0.2) is 89.9 Å². The van der Waals surface area contributed by atoms with E-state index in [4.69, 9.17) is 14.6 Å². The van der Waals surface area contributed by atoms with Crippen molar-refractivity contribution in [3.8, 4) is 28.4 Å². The maximum Gasteiger partial charge on any atom is 0.291 e. The molecule has 0 aliphatic heterocycles. The first-order chi connectivity index (χ1) is 21.1. The summed E-state index contributed by atoms with van der Waals surface area (Å²) in [6.45, 7) is 5.38. The number of benzene rings is 3. The molecule has 0 saturated carbocycles. The molecule has 8 nitrogen and oxygen atoms in total. The molecule has 3 heterocycles. The fraction of sp³-hybridized carbons (Fsp3) is 0.176. The number of unbranched alkanes of at least 4 members (excludes halogenated alkanes) is 1. The molecule has 6 aromatic rings. The molecule has 216 valence electrons. The van der Waals surface area contributed by atoms with E-state index in [1.807, 2.05) is 109 Å². The van der Waals surface area contributed by atoms with Crippen LogP contribution in [0.5, 0.6) is 11.5 Å². The average molecular weight is 590 g/mol. The molecule has 6 rings (SSSR count). The number of hydrogen-bond acceptors (Lipinski definition) is 7. The SMILES string of the molecule is CCCCOc1cccc(-c2nn(-c3ccccc3)cc2/C=c2\sc3nc(/C=C/c4ccc(OCC)cc4)nn3c2=O)c1. The third-order valence-corrected chi connectivity index (χ3v) is 7.70. The second kappa shape index (κ2) is 12.9. The number of nitrogens with zero attached hydrogens (tertiary/aromatic N) is 5. The molecular formula is C34H31N5O3S. The monoisotopic (exact) mass is 589 g/mol. The van der Waals surface area contributed by atoms with Crippen molar-refractivity contribution in [2.24, 2.45) is 0 Å². The van der Waals surface area contributed by atoms with Crippen molar-refractivity contribution in [1.82, 2.24) is 24.4 Å². The van der Waals surface area contributed by atoms with Crippen LogP contribution >= 0.6 is 11.3 Å². The van der Waals surface area contributed by atoms with Gasteiger partial charge in [-0.05, 0) is 67.5 Å². The van der Waals surface area contributed by atoms with E-state index >= 15 is 0 Å². The zero-order valence-corrected chi connectivity index (χ0v) is 24.8. The van der Waals surface area contributed by atoms with Gasteiger partial charge in [0.2, 0.25) is 4.96 Å². The predicted molar refractivity (Wildman–Crippen MR) is 172 cm³/mol. The first-order valence-electron chi connectivity index (χ1n) is 14.3. The van der Waals surface area contributed by atoms with Crippen molar-refractivity contribution in [3.05, 3.63) is 117 Å². The molecule has 0 amide bonds. The molecule has 0 saturated heterocycles. The van der Waals surface area contributed by atoms with E-state index in [0.717, 1.165) is 52.4 Å². The largest absolute Gasteiger partial charge is 0.494 e. The topological polar surface area (TPSA) is 83.5 Å². The van der Waals surface area contributed by atoms with Gasteiger partial charge in [-0.2, -0.15) is 14.6 Å². The summed E-state index contributed by atoms with van der Waals surface area (Å²) in [5, 5.41) is 9.37. The minimum absolute atomic E-state index is 0.219. The minimum atomic E-state index is -0.219. The Morgan fingerprint density at radius 1 is 0.884 bits per heavy atom. The van der Waals surface area contributed by atoms with Crippen LogP contribution in [-0.2, 0) is 0 Å². The van der Waals surface area contributed by atoms with Gasteiger partial charge >= 0.3 is 0 Å². The predicted octanol–water partition coefficient (Wildman–Crippen LogP) is 6.30. The summed E-state index contributed by atoms with van der Waals surface area (Å²) in [4.78, 5) is 18.5. The third kappa shape index (κ3) is 6.42. The van der Waals surface area contributed by atoms with E-state index in [0.29, 0.717) is 28.5 Å². The first kappa shape index (κ1) is 28.1. The third-order valence-electron chi connectivity index (χ3n) is 6.74. The van der Waals surface area contributed by atoms with E-state index in [2.05, 4.69) is 17.0 Å². The summed E-state index contributed by atoms with van der Waals surface area (Å²) in [6.07, 6.45) is 9.58. The zero-order chi connectivity index (χ0) is 29.6. The summed E-state index contributed by atoms with van der Waals surface area (Å²) in [5.41, 5.74) is 4.16. The number of hydrogen-bond donors (Lipinski definition) is 0. The Morgan fingerprint density at radius 3 is 2.49 bits per heavy atom. The van der Waals surface area contributed by atoms with Crippen molar-refractivity contribution < 1.29 is 9.47 Å². The van der Waals surface area contributed by atoms with Gasteiger partial charge in [0.15, 0.2) is 5.82 Å². The van der Waals surface area contributed by atoms with Crippen LogP contribution in [0, 0.1) is 0 Å². The smallest absolute Gasteiger partial charge is 0.291 e. The number of thiazole rings is 1. The highest BCUT2D eigenvalue weighted by molar-refractivity contribution is 7.15. The lowest BCUT2D eigenvalue weighted by Gasteiger charge is -2.07. The highest BCUT2D eigenvalue weighted by atomic mass is 32.1. The zero-order valence-electron chi connectivity index (χ0n) is 24.0. The number of para-hydroxylation sites is 1. The summed E-state index contributed by atoms with van der Waals surface area (Å²) in [6, 6.07) is 25.6. The molecule has 0 atom stereocenters. The quantitative estimate of drug-likeness (QED) is 0.165. The molecule has 0 spiro atoms. The van der Waals surface area contributed by atoms with Gasteiger partial charge in [-0.25, -0.2) is 4.68 Å². The van der Waals surface area contributed by atoms with Gasteiger partial charge in [-0.3, -0.25) is 4.79 Å². The van der Waals surface area contributed by atoms with Crippen LogP contribution in [-0.4, -0.2) is 37.6 Å². The number of aromatic nitrogens is 5. The first-order valence-corrected chi connectivity index (χ1v) is 15.1. The van der Waals surface area contributed by atoms with Crippen LogP contribution in [0.1, 0.15) is 43.6 Å². The minimum Gasteiger partial charge on any atom is -0.494 e. The van der Waals surface area contributed by atoms with E-state index in [9.17, 15) is 4.79 Å². The molecule has 43 heavy (non-hydrogen) atoms. The van der Waals surface area contributed by atoms with Gasteiger partial charge in [0, 0.05) is 17.3 Å². The number of ether oxygens (including phenoxy) is 2. The lowest BCUT2D eigenvalue weighted by molar-refractivity contribution is 0.309. The van der Waals surface area contributed by atoms with Gasteiger partial charge in [0.1, 0.15) is 17.2 Å². The molecule has 0 aliphatic rings.